The molecule has 2 aromatic heterocycles. The Balaban J connectivity index is 1.42. The van der Waals surface area contributed by atoms with Crippen molar-refractivity contribution in [3.63, 3.8) is 0 Å². The maximum atomic E-state index is 13.3. The molecule has 3 heterocycles. The molecule has 35 heavy (non-hydrogen) atoms. The molecule has 0 N–H and O–H groups in total. The lowest BCUT2D eigenvalue weighted by atomic mass is 9.83. The fraction of sp³-hybridized carbons (Fsp3) is 0.444. The summed E-state index contributed by atoms with van der Waals surface area (Å²) in [5.41, 5.74) is 4.73. The van der Waals surface area contributed by atoms with Gasteiger partial charge in [0.25, 0.3) is 5.95 Å². The molecule has 0 radical (unpaired) electrons. The molecule has 4 rings (SSSR count). The van der Waals surface area contributed by atoms with Crippen LogP contribution in [0.4, 0.5) is 0 Å². The van der Waals surface area contributed by atoms with Gasteiger partial charge in [0, 0.05) is 48.8 Å². The number of benzene rings is 1. The first-order valence-electron chi connectivity index (χ1n) is 12.1. The van der Waals surface area contributed by atoms with Crippen LogP contribution in [-0.4, -0.2) is 67.5 Å². The van der Waals surface area contributed by atoms with Crippen LogP contribution < -0.4 is 0 Å². The van der Waals surface area contributed by atoms with Crippen LogP contribution in [0.3, 0.4) is 0 Å². The van der Waals surface area contributed by atoms with E-state index in [0.29, 0.717) is 32.1 Å². The van der Waals surface area contributed by atoms with E-state index in [1.807, 2.05) is 87.7 Å². The number of hydrogen-bond acceptors (Lipinski definition) is 5. The summed E-state index contributed by atoms with van der Waals surface area (Å²) in [4.78, 5) is 39.2. The van der Waals surface area contributed by atoms with Crippen molar-refractivity contribution in [3.05, 3.63) is 70.3 Å². The predicted octanol–water partition coefficient (Wildman–Crippen LogP) is 3.09. The summed E-state index contributed by atoms with van der Waals surface area (Å²) in [5, 5.41) is 4.62. The summed E-state index contributed by atoms with van der Waals surface area (Å²) >= 11 is 0. The van der Waals surface area contributed by atoms with Crippen LogP contribution in [0.5, 0.6) is 0 Å². The summed E-state index contributed by atoms with van der Waals surface area (Å²) < 4.78 is 1.72. The first-order chi connectivity index (χ1) is 16.6. The van der Waals surface area contributed by atoms with Crippen molar-refractivity contribution < 1.29 is 9.59 Å². The van der Waals surface area contributed by atoms with Gasteiger partial charge >= 0.3 is 0 Å². The molecular formula is C27H34N6O2. The molecule has 0 spiro atoms. The standard InChI is InChI=1S/C27H34N6O2/c1-18-16-19(2)29-26(28-18)33-21(4)23(20(3)30-33)17-24(34)31-12-14-32(15-13-31)25(35)27(5,6)22-10-8-7-9-11-22/h7-11,16H,12-15,17H2,1-6H3. The van der Waals surface area contributed by atoms with Gasteiger partial charge in [0.15, 0.2) is 0 Å². The fourth-order valence-electron chi connectivity index (χ4n) is 4.72. The molecule has 8 nitrogen and oxygen atoms in total. The largest absolute Gasteiger partial charge is 0.339 e. The van der Waals surface area contributed by atoms with Gasteiger partial charge in [-0.25, -0.2) is 14.6 Å². The number of carbonyl (C=O) groups is 2. The van der Waals surface area contributed by atoms with Crippen molar-refractivity contribution in [2.24, 2.45) is 0 Å². The van der Waals surface area contributed by atoms with Gasteiger partial charge in [-0.2, -0.15) is 5.10 Å². The van der Waals surface area contributed by atoms with E-state index in [2.05, 4.69) is 15.1 Å². The van der Waals surface area contributed by atoms with Crippen LogP contribution in [0.25, 0.3) is 5.95 Å². The molecule has 184 valence electrons. The van der Waals surface area contributed by atoms with Crippen LogP contribution in [0.15, 0.2) is 36.4 Å². The number of amides is 2. The first kappa shape index (κ1) is 24.6. The second-order valence-corrected chi connectivity index (χ2v) is 9.85. The highest BCUT2D eigenvalue weighted by molar-refractivity contribution is 5.88. The third-order valence-electron chi connectivity index (χ3n) is 6.88. The number of carbonyl (C=O) groups excluding carboxylic acids is 2. The molecule has 1 fully saturated rings. The Hall–Kier alpha value is -3.55. The third kappa shape index (κ3) is 4.97. The van der Waals surface area contributed by atoms with E-state index in [4.69, 9.17) is 0 Å². The Kier molecular flexibility index (Phi) is 6.74. The van der Waals surface area contributed by atoms with Crippen molar-refractivity contribution in [1.29, 1.82) is 0 Å². The third-order valence-corrected chi connectivity index (χ3v) is 6.88. The zero-order valence-electron chi connectivity index (χ0n) is 21.5. The van der Waals surface area contributed by atoms with E-state index in [1.54, 1.807) is 4.68 Å². The quantitative estimate of drug-likeness (QED) is 0.567. The first-order valence-corrected chi connectivity index (χ1v) is 12.1. The molecule has 0 bridgehead atoms. The van der Waals surface area contributed by atoms with Crippen molar-refractivity contribution in [1.82, 2.24) is 29.5 Å². The van der Waals surface area contributed by atoms with E-state index in [9.17, 15) is 9.59 Å². The van der Waals surface area contributed by atoms with Crippen LogP contribution in [0, 0.1) is 27.7 Å². The zero-order valence-corrected chi connectivity index (χ0v) is 21.5. The molecule has 0 saturated carbocycles. The maximum Gasteiger partial charge on any atom is 0.251 e. The van der Waals surface area contributed by atoms with Crippen molar-refractivity contribution >= 4 is 11.8 Å². The van der Waals surface area contributed by atoms with Crippen LogP contribution >= 0.6 is 0 Å². The van der Waals surface area contributed by atoms with Gasteiger partial charge in [-0.1, -0.05) is 30.3 Å². The predicted molar refractivity (Wildman–Crippen MR) is 134 cm³/mol. The lowest BCUT2D eigenvalue weighted by Gasteiger charge is -2.39. The number of piperazine rings is 1. The smallest absolute Gasteiger partial charge is 0.251 e. The molecule has 1 aliphatic rings. The summed E-state index contributed by atoms with van der Waals surface area (Å²) in [7, 11) is 0. The number of hydrogen-bond donors (Lipinski definition) is 0. The average Bonchev–Trinajstić information content (AvgIpc) is 3.12. The van der Waals surface area contributed by atoms with Crippen LogP contribution in [0.1, 0.15) is 47.8 Å². The summed E-state index contributed by atoms with van der Waals surface area (Å²) in [6.45, 7) is 13.8. The van der Waals surface area contributed by atoms with Gasteiger partial charge < -0.3 is 9.80 Å². The minimum atomic E-state index is -0.605. The molecule has 8 heteroatoms. The number of aryl methyl sites for hydroxylation is 3. The summed E-state index contributed by atoms with van der Waals surface area (Å²) in [6.07, 6.45) is 0.270. The van der Waals surface area contributed by atoms with Gasteiger partial charge in [0.05, 0.1) is 17.5 Å². The zero-order chi connectivity index (χ0) is 25.3. The molecular weight excluding hydrogens is 440 g/mol. The minimum Gasteiger partial charge on any atom is -0.339 e. The normalized spacial score (nSPS) is 14.3. The maximum absolute atomic E-state index is 13.3. The lowest BCUT2D eigenvalue weighted by molar-refractivity contribution is -0.142. The summed E-state index contributed by atoms with van der Waals surface area (Å²) in [5.74, 6) is 0.665. The molecule has 1 aliphatic heterocycles. The Bertz CT molecular complexity index is 1220. The van der Waals surface area contributed by atoms with Crippen molar-refractivity contribution in [2.75, 3.05) is 26.2 Å². The average molecular weight is 475 g/mol. The lowest BCUT2D eigenvalue weighted by Crippen LogP contribution is -2.54. The molecule has 0 aliphatic carbocycles. The highest BCUT2D eigenvalue weighted by atomic mass is 16.2. The monoisotopic (exact) mass is 474 g/mol. The molecule has 0 unspecified atom stereocenters. The molecule has 0 atom stereocenters. The highest BCUT2D eigenvalue weighted by Crippen LogP contribution is 2.26. The molecule has 2 amide bonds. The highest BCUT2D eigenvalue weighted by Gasteiger charge is 2.35. The SMILES string of the molecule is Cc1cc(C)nc(-n2nc(C)c(CC(=O)N3CCN(C(=O)C(C)(C)c4ccccc4)CC3)c2C)n1. The van der Waals surface area contributed by atoms with Gasteiger partial charge in [-0.3, -0.25) is 9.59 Å². The molecule has 3 aromatic rings. The van der Waals surface area contributed by atoms with Gasteiger partial charge in [0.1, 0.15) is 0 Å². The number of nitrogens with zero attached hydrogens (tertiary/aromatic N) is 6. The van der Waals surface area contributed by atoms with Gasteiger partial charge in [-0.15, -0.1) is 0 Å². The van der Waals surface area contributed by atoms with E-state index in [0.717, 1.165) is 33.9 Å². The van der Waals surface area contributed by atoms with E-state index >= 15 is 0 Å². The van der Waals surface area contributed by atoms with Gasteiger partial charge in [0.2, 0.25) is 11.8 Å². The minimum absolute atomic E-state index is 0.0477. The van der Waals surface area contributed by atoms with Crippen molar-refractivity contribution in [3.8, 4) is 5.95 Å². The van der Waals surface area contributed by atoms with Gasteiger partial charge in [-0.05, 0) is 53.2 Å². The second kappa shape index (κ2) is 9.60. The Morgan fingerprint density at radius 2 is 1.46 bits per heavy atom. The van der Waals surface area contributed by atoms with Crippen molar-refractivity contribution in [2.45, 2.75) is 53.4 Å². The summed E-state index contributed by atoms with van der Waals surface area (Å²) in [6, 6.07) is 11.8. The van der Waals surface area contributed by atoms with Crippen LogP contribution in [-0.2, 0) is 21.4 Å². The molecule has 1 aromatic carbocycles. The Morgan fingerprint density at radius 1 is 0.886 bits per heavy atom. The number of aromatic nitrogens is 4. The van der Waals surface area contributed by atoms with E-state index < -0.39 is 5.41 Å². The van der Waals surface area contributed by atoms with E-state index in [-0.39, 0.29) is 18.2 Å². The Labute approximate surface area is 207 Å². The van der Waals surface area contributed by atoms with Crippen LogP contribution in [0.2, 0.25) is 0 Å². The topological polar surface area (TPSA) is 84.2 Å². The fourth-order valence-corrected chi connectivity index (χ4v) is 4.72. The second-order valence-electron chi connectivity index (χ2n) is 9.85. The van der Waals surface area contributed by atoms with E-state index in [1.165, 1.54) is 0 Å². The Morgan fingerprint density at radius 3 is 2.06 bits per heavy atom. The number of rotatable bonds is 5. The molecule has 1 saturated heterocycles.